The van der Waals surface area contributed by atoms with Crippen LogP contribution in [0.3, 0.4) is 0 Å². The van der Waals surface area contributed by atoms with Crippen LogP contribution < -0.4 is 0 Å². The van der Waals surface area contributed by atoms with Gasteiger partial charge in [-0.05, 0) is 11.5 Å². The minimum atomic E-state index is 0.267. The molecule has 0 unspecified atom stereocenters. The Labute approximate surface area is 150 Å². The average molecular weight is 336 g/mol. The summed E-state index contributed by atoms with van der Waals surface area (Å²) in [4.78, 5) is 0. The molecule has 0 amide bonds. The third-order valence-electron chi connectivity index (χ3n) is 4.77. The molecule has 0 atom stereocenters. The summed E-state index contributed by atoms with van der Waals surface area (Å²) < 4.78 is 6.33. The van der Waals surface area contributed by atoms with Crippen molar-refractivity contribution >= 4 is 21.5 Å². The maximum Gasteiger partial charge on any atom is 0.146 e. The molecular formula is C24H16O2. The van der Waals surface area contributed by atoms with Gasteiger partial charge in [0, 0.05) is 21.9 Å². The minimum Gasteiger partial charge on any atom is -0.507 e. The zero-order valence-corrected chi connectivity index (χ0v) is 14.0. The Bertz CT molecular complexity index is 1220. The van der Waals surface area contributed by atoms with Crippen LogP contribution in [0, 0.1) is 0 Å². The number of hydrogen-bond acceptors (Lipinski definition) is 2. The van der Waals surface area contributed by atoms with Gasteiger partial charge in [-0.25, -0.2) is 0 Å². The summed E-state index contributed by atoms with van der Waals surface area (Å²) >= 11 is 0. The van der Waals surface area contributed by atoms with Crippen LogP contribution in [0.15, 0.2) is 95.4 Å². The van der Waals surface area contributed by atoms with Gasteiger partial charge >= 0.3 is 0 Å². The van der Waals surface area contributed by atoms with Gasteiger partial charge in [-0.2, -0.15) is 0 Å². The van der Waals surface area contributed by atoms with E-state index < -0.39 is 0 Å². The Kier molecular flexibility index (Phi) is 3.29. The number of aromatic hydroxyl groups is 1. The van der Waals surface area contributed by atoms with Crippen LogP contribution in [0.1, 0.15) is 0 Å². The smallest absolute Gasteiger partial charge is 0.146 e. The van der Waals surface area contributed by atoms with Crippen molar-refractivity contribution in [1.29, 1.82) is 0 Å². The van der Waals surface area contributed by atoms with E-state index in [9.17, 15) is 5.11 Å². The van der Waals surface area contributed by atoms with E-state index in [2.05, 4.69) is 6.07 Å². The highest BCUT2D eigenvalue weighted by atomic mass is 16.3. The van der Waals surface area contributed by atoms with E-state index in [0.29, 0.717) is 5.76 Å². The van der Waals surface area contributed by atoms with Crippen molar-refractivity contribution in [2.75, 3.05) is 0 Å². The Morgan fingerprint density at radius 3 is 1.85 bits per heavy atom. The van der Waals surface area contributed by atoms with Gasteiger partial charge in [0.25, 0.3) is 0 Å². The predicted octanol–water partition coefficient (Wildman–Crippen LogP) is 6.63. The number of phenolic OH excluding ortho intramolecular Hbond substituents is 1. The standard InChI is InChI=1S/C24H16O2/c25-22-19-14-8-7-13-18(19)15-20-21(22)24(17-11-5-2-6-12-17)26-23(20)16-9-3-1-4-10-16/h1-15,25H. The van der Waals surface area contributed by atoms with Crippen molar-refractivity contribution in [3.8, 4) is 28.4 Å². The molecular weight excluding hydrogens is 320 g/mol. The molecule has 2 nitrogen and oxygen atoms in total. The molecule has 4 aromatic carbocycles. The Balaban J connectivity index is 1.95. The van der Waals surface area contributed by atoms with Crippen molar-refractivity contribution in [2.24, 2.45) is 0 Å². The number of hydrogen-bond donors (Lipinski definition) is 1. The van der Waals surface area contributed by atoms with Gasteiger partial charge in [0.1, 0.15) is 17.3 Å². The summed E-state index contributed by atoms with van der Waals surface area (Å²) in [7, 11) is 0. The molecule has 0 bridgehead atoms. The lowest BCUT2D eigenvalue weighted by Crippen LogP contribution is -1.79. The Morgan fingerprint density at radius 1 is 0.577 bits per heavy atom. The SMILES string of the molecule is Oc1c2ccccc2cc2c(-c3ccccc3)oc(-c3ccccc3)c12. The van der Waals surface area contributed by atoms with Crippen molar-refractivity contribution in [2.45, 2.75) is 0 Å². The zero-order chi connectivity index (χ0) is 17.5. The van der Waals surface area contributed by atoms with Gasteiger partial charge in [0.15, 0.2) is 0 Å². The lowest BCUT2D eigenvalue weighted by Gasteiger charge is -2.04. The summed E-state index contributed by atoms with van der Waals surface area (Å²) in [5.41, 5.74) is 1.94. The number of benzene rings is 4. The summed E-state index contributed by atoms with van der Waals surface area (Å²) in [6.07, 6.45) is 0. The van der Waals surface area contributed by atoms with Gasteiger partial charge in [0.05, 0.1) is 5.39 Å². The largest absolute Gasteiger partial charge is 0.507 e. The molecule has 5 aromatic rings. The molecule has 0 saturated carbocycles. The summed E-state index contributed by atoms with van der Waals surface area (Å²) in [5.74, 6) is 1.74. The van der Waals surface area contributed by atoms with E-state index in [1.165, 1.54) is 0 Å². The van der Waals surface area contributed by atoms with Crippen LogP contribution in [0.25, 0.3) is 44.2 Å². The van der Waals surface area contributed by atoms with E-state index in [4.69, 9.17) is 4.42 Å². The lowest BCUT2D eigenvalue weighted by atomic mass is 9.99. The summed E-state index contributed by atoms with van der Waals surface area (Å²) in [6.45, 7) is 0. The average Bonchev–Trinajstić information content (AvgIpc) is 3.09. The molecule has 1 N–H and O–H groups in total. The predicted molar refractivity (Wildman–Crippen MR) is 106 cm³/mol. The molecule has 2 heteroatoms. The first-order valence-corrected chi connectivity index (χ1v) is 8.61. The minimum absolute atomic E-state index is 0.267. The molecule has 0 saturated heterocycles. The van der Waals surface area contributed by atoms with Crippen LogP contribution in [-0.4, -0.2) is 5.11 Å². The molecule has 5 rings (SSSR count). The molecule has 0 aliphatic heterocycles. The molecule has 26 heavy (non-hydrogen) atoms. The highest BCUT2D eigenvalue weighted by molar-refractivity contribution is 6.14. The highest BCUT2D eigenvalue weighted by Gasteiger charge is 2.21. The second kappa shape index (κ2) is 5.78. The summed E-state index contributed by atoms with van der Waals surface area (Å²) in [5, 5.41) is 14.6. The number of fused-ring (bicyclic) bond motifs is 2. The van der Waals surface area contributed by atoms with Crippen LogP contribution >= 0.6 is 0 Å². The molecule has 1 heterocycles. The van der Waals surface area contributed by atoms with E-state index >= 15 is 0 Å². The highest BCUT2D eigenvalue weighted by Crippen LogP contribution is 2.46. The van der Waals surface area contributed by atoms with E-state index in [1.807, 2.05) is 84.9 Å². The molecule has 0 radical (unpaired) electrons. The van der Waals surface area contributed by atoms with E-state index in [-0.39, 0.29) is 5.75 Å². The molecule has 0 aliphatic carbocycles. The number of furan rings is 1. The molecule has 0 spiro atoms. The fourth-order valence-electron chi connectivity index (χ4n) is 3.54. The van der Waals surface area contributed by atoms with Gasteiger partial charge in [-0.1, -0.05) is 84.9 Å². The third kappa shape index (κ3) is 2.20. The maximum atomic E-state index is 11.1. The molecule has 1 aromatic heterocycles. The van der Waals surface area contributed by atoms with Crippen LogP contribution in [0.2, 0.25) is 0 Å². The van der Waals surface area contributed by atoms with Crippen molar-refractivity contribution < 1.29 is 9.52 Å². The number of phenols is 1. The Hall–Kier alpha value is -3.52. The van der Waals surface area contributed by atoms with Crippen LogP contribution in [0.4, 0.5) is 0 Å². The molecule has 124 valence electrons. The van der Waals surface area contributed by atoms with Crippen molar-refractivity contribution in [3.05, 3.63) is 91.0 Å². The normalized spacial score (nSPS) is 11.2. The first-order chi connectivity index (χ1) is 12.8. The molecule has 0 aliphatic rings. The monoisotopic (exact) mass is 336 g/mol. The second-order valence-electron chi connectivity index (χ2n) is 6.36. The van der Waals surface area contributed by atoms with Crippen molar-refractivity contribution in [1.82, 2.24) is 0 Å². The van der Waals surface area contributed by atoms with E-state index in [0.717, 1.165) is 38.4 Å². The third-order valence-corrected chi connectivity index (χ3v) is 4.77. The second-order valence-corrected chi connectivity index (χ2v) is 6.36. The van der Waals surface area contributed by atoms with Crippen LogP contribution in [0.5, 0.6) is 5.75 Å². The van der Waals surface area contributed by atoms with Gasteiger partial charge < -0.3 is 9.52 Å². The first-order valence-electron chi connectivity index (χ1n) is 8.61. The topological polar surface area (TPSA) is 33.4 Å². The molecule has 0 fully saturated rings. The van der Waals surface area contributed by atoms with Crippen molar-refractivity contribution in [3.63, 3.8) is 0 Å². The quantitative estimate of drug-likeness (QED) is 0.393. The summed E-state index contributed by atoms with van der Waals surface area (Å²) in [6, 6.07) is 29.9. The fourth-order valence-corrected chi connectivity index (χ4v) is 3.54. The fraction of sp³-hybridized carbons (Fsp3) is 0. The zero-order valence-electron chi connectivity index (χ0n) is 14.0. The van der Waals surface area contributed by atoms with Gasteiger partial charge in [-0.15, -0.1) is 0 Å². The van der Waals surface area contributed by atoms with Gasteiger partial charge in [0.2, 0.25) is 0 Å². The number of rotatable bonds is 2. The first kappa shape index (κ1) is 14.8. The van der Waals surface area contributed by atoms with E-state index in [1.54, 1.807) is 0 Å². The van der Waals surface area contributed by atoms with Crippen LogP contribution in [-0.2, 0) is 0 Å². The maximum absolute atomic E-state index is 11.1. The Morgan fingerprint density at radius 2 is 1.15 bits per heavy atom. The van der Waals surface area contributed by atoms with Gasteiger partial charge in [-0.3, -0.25) is 0 Å². The lowest BCUT2D eigenvalue weighted by molar-refractivity contribution is 0.487.